The van der Waals surface area contributed by atoms with Crippen LogP contribution in [0.2, 0.25) is 0 Å². The monoisotopic (exact) mass is 522 g/mol. The Labute approximate surface area is 227 Å². The lowest BCUT2D eigenvalue weighted by Gasteiger charge is -2.38. The predicted molar refractivity (Wildman–Crippen MR) is 148 cm³/mol. The maximum absolute atomic E-state index is 14.6. The van der Waals surface area contributed by atoms with Crippen molar-refractivity contribution in [2.75, 3.05) is 13.1 Å². The number of hydrogen-bond donors (Lipinski definition) is 2. The molecule has 0 bridgehead atoms. The van der Waals surface area contributed by atoms with Crippen molar-refractivity contribution < 1.29 is 14.0 Å². The molecule has 3 heterocycles. The van der Waals surface area contributed by atoms with Gasteiger partial charge in [0.25, 0.3) is 5.91 Å². The smallest absolute Gasteiger partial charge is 0.275 e. The summed E-state index contributed by atoms with van der Waals surface area (Å²) in [5.74, 6) is 0.297. The third-order valence-electron chi connectivity index (χ3n) is 9.01. The van der Waals surface area contributed by atoms with Crippen LogP contribution in [0.1, 0.15) is 54.4 Å². The Morgan fingerprint density at radius 2 is 1.85 bits per heavy atom. The number of halogens is 1. The molecule has 1 saturated carbocycles. The quantitative estimate of drug-likeness (QED) is 0.625. The number of rotatable bonds is 4. The van der Waals surface area contributed by atoms with E-state index in [2.05, 4.69) is 41.0 Å². The van der Waals surface area contributed by atoms with Gasteiger partial charge in [-0.3, -0.25) is 14.6 Å². The van der Waals surface area contributed by atoms with Crippen molar-refractivity contribution >= 4 is 23.6 Å². The fourth-order valence-electron chi connectivity index (χ4n) is 7.04. The molecule has 1 atom stereocenters. The van der Waals surface area contributed by atoms with Crippen LogP contribution in [-0.4, -0.2) is 41.2 Å². The van der Waals surface area contributed by atoms with E-state index in [1.54, 1.807) is 18.2 Å². The van der Waals surface area contributed by atoms with Gasteiger partial charge in [-0.05, 0) is 67.3 Å². The zero-order valence-corrected chi connectivity index (χ0v) is 21.8. The Morgan fingerprint density at radius 1 is 1.03 bits per heavy atom. The van der Waals surface area contributed by atoms with E-state index in [0.29, 0.717) is 19.4 Å². The molecule has 6 nitrogen and oxygen atoms in total. The molecule has 5 aliphatic rings. The Bertz CT molecular complexity index is 1510. The fraction of sp³-hybridized carbons (Fsp3) is 0.344. The van der Waals surface area contributed by atoms with Gasteiger partial charge in [0.15, 0.2) is 0 Å². The van der Waals surface area contributed by atoms with E-state index in [4.69, 9.17) is 4.99 Å². The van der Waals surface area contributed by atoms with Crippen LogP contribution in [0.3, 0.4) is 0 Å². The van der Waals surface area contributed by atoms with E-state index in [0.717, 1.165) is 55.6 Å². The third-order valence-corrected chi connectivity index (χ3v) is 9.01. The first-order valence-electron chi connectivity index (χ1n) is 13.9. The minimum Gasteiger partial charge on any atom is -0.368 e. The summed E-state index contributed by atoms with van der Waals surface area (Å²) in [6.07, 6.45) is 14.3. The summed E-state index contributed by atoms with van der Waals surface area (Å²) in [5, 5.41) is 6.33. The molecule has 1 unspecified atom stereocenters. The second-order valence-corrected chi connectivity index (χ2v) is 11.3. The first-order valence-corrected chi connectivity index (χ1v) is 13.9. The van der Waals surface area contributed by atoms with Crippen molar-refractivity contribution in [1.82, 2.24) is 15.5 Å². The average molecular weight is 523 g/mol. The first-order chi connectivity index (χ1) is 19.0. The summed E-state index contributed by atoms with van der Waals surface area (Å²) in [7, 11) is 0. The second kappa shape index (κ2) is 9.04. The Morgan fingerprint density at radius 3 is 2.69 bits per heavy atom. The van der Waals surface area contributed by atoms with E-state index >= 15 is 0 Å². The molecular formula is C32H31FN4O2. The number of allylic oxidation sites excluding steroid dienone is 1. The normalized spacial score (nSPS) is 24.9. The second-order valence-electron chi connectivity index (χ2n) is 11.3. The lowest BCUT2D eigenvalue weighted by molar-refractivity contribution is -0.128. The van der Waals surface area contributed by atoms with Gasteiger partial charge in [-0.15, -0.1) is 0 Å². The number of carbonyl (C=O) groups is 2. The van der Waals surface area contributed by atoms with Crippen molar-refractivity contribution in [2.24, 2.45) is 10.4 Å². The molecule has 2 aliphatic carbocycles. The summed E-state index contributed by atoms with van der Waals surface area (Å²) in [5.41, 5.74) is 3.87. The highest BCUT2D eigenvalue weighted by molar-refractivity contribution is 6.46. The number of hydrogen-bond acceptors (Lipinski definition) is 4. The summed E-state index contributed by atoms with van der Waals surface area (Å²) < 4.78 is 14.6. The molecule has 3 aliphatic heterocycles. The highest BCUT2D eigenvalue weighted by Gasteiger charge is 2.52. The van der Waals surface area contributed by atoms with E-state index in [9.17, 15) is 14.0 Å². The van der Waals surface area contributed by atoms with E-state index < -0.39 is 16.9 Å². The maximum Gasteiger partial charge on any atom is 0.275 e. The number of nitrogens with one attached hydrogen (secondary N) is 2. The molecule has 7 heteroatoms. The largest absolute Gasteiger partial charge is 0.368 e. The SMILES string of the molecule is O=C1C(c2ccccc2F)=NC2(CCCCC2)N1C/C=C/c1ccc2c(c1)CC1(C2)C(=O)NC2=C1C=CCN2. The van der Waals surface area contributed by atoms with Crippen LogP contribution in [0.4, 0.5) is 4.39 Å². The van der Waals surface area contributed by atoms with Crippen LogP contribution in [0.5, 0.6) is 0 Å². The number of aliphatic imine (C=N–C) groups is 1. The highest BCUT2D eigenvalue weighted by Crippen LogP contribution is 2.47. The number of nitrogens with zero attached hydrogens (tertiary/aromatic N) is 2. The average Bonchev–Trinajstić information content (AvgIpc) is 3.55. The van der Waals surface area contributed by atoms with Gasteiger partial charge in [-0.2, -0.15) is 0 Å². The molecule has 0 aromatic heterocycles. The first kappa shape index (κ1) is 24.1. The Kier molecular flexibility index (Phi) is 5.58. The lowest BCUT2D eigenvalue weighted by atomic mass is 9.78. The molecule has 2 aromatic rings. The molecule has 198 valence electrons. The van der Waals surface area contributed by atoms with Gasteiger partial charge in [0.05, 0.1) is 5.41 Å². The van der Waals surface area contributed by atoms with Crippen LogP contribution >= 0.6 is 0 Å². The number of dihydropyridines is 1. The Hall–Kier alpha value is -4.00. The van der Waals surface area contributed by atoms with Gasteiger partial charge in [0.1, 0.15) is 23.0 Å². The van der Waals surface area contributed by atoms with Gasteiger partial charge >= 0.3 is 0 Å². The summed E-state index contributed by atoms with van der Waals surface area (Å²) >= 11 is 0. The molecule has 7 rings (SSSR count). The van der Waals surface area contributed by atoms with Gasteiger partial charge in [0.2, 0.25) is 5.91 Å². The number of carbonyl (C=O) groups excluding carboxylic acids is 2. The molecule has 1 fully saturated rings. The highest BCUT2D eigenvalue weighted by atomic mass is 19.1. The molecule has 0 radical (unpaired) electrons. The molecule has 39 heavy (non-hydrogen) atoms. The van der Waals surface area contributed by atoms with Gasteiger partial charge in [-0.1, -0.05) is 61.1 Å². The maximum atomic E-state index is 14.6. The van der Waals surface area contributed by atoms with E-state index in [1.807, 2.05) is 17.1 Å². The van der Waals surface area contributed by atoms with Crippen molar-refractivity contribution in [3.8, 4) is 0 Å². The van der Waals surface area contributed by atoms with Crippen molar-refractivity contribution in [3.63, 3.8) is 0 Å². The molecule has 0 saturated heterocycles. The lowest BCUT2D eigenvalue weighted by Crippen LogP contribution is -2.48. The van der Waals surface area contributed by atoms with Crippen LogP contribution in [-0.2, 0) is 22.4 Å². The molecule has 2 spiro atoms. The van der Waals surface area contributed by atoms with Crippen molar-refractivity contribution in [1.29, 1.82) is 0 Å². The molecule has 2 aromatic carbocycles. The van der Waals surface area contributed by atoms with E-state index in [-0.39, 0.29) is 23.1 Å². The van der Waals surface area contributed by atoms with Crippen LogP contribution in [0, 0.1) is 11.2 Å². The minimum absolute atomic E-state index is 0.0656. The van der Waals surface area contributed by atoms with Crippen LogP contribution in [0.25, 0.3) is 6.08 Å². The van der Waals surface area contributed by atoms with Gasteiger partial charge in [-0.25, -0.2) is 4.39 Å². The zero-order chi connectivity index (χ0) is 26.6. The van der Waals surface area contributed by atoms with E-state index in [1.165, 1.54) is 17.2 Å². The number of amides is 2. The molecular weight excluding hydrogens is 491 g/mol. The van der Waals surface area contributed by atoms with Gasteiger partial charge in [0, 0.05) is 24.2 Å². The Balaban J connectivity index is 1.12. The predicted octanol–water partition coefficient (Wildman–Crippen LogP) is 4.42. The van der Waals surface area contributed by atoms with Crippen molar-refractivity contribution in [2.45, 2.75) is 50.6 Å². The summed E-state index contributed by atoms with van der Waals surface area (Å²) in [6, 6.07) is 12.8. The molecule has 2 amide bonds. The summed E-state index contributed by atoms with van der Waals surface area (Å²) in [6.45, 7) is 1.14. The zero-order valence-electron chi connectivity index (χ0n) is 21.8. The van der Waals surface area contributed by atoms with Gasteiger partial charge < -0.3 is 15.5 Å². The summed E-state index contributed by atoms with van der Waals surface area (Å²) in [4.78, 5) is 33.3. The standard InChI is InChI=1S/C32H31FN4O2/c33-26-11-3-2-9-24(26)27-29(38)37(32(36-27)14-4-1-5-15-32)17-7-8-21-12-13-22-19-31(20-23(22)18-21)25-10-6-16-34-28(25)35-30(31)39/h2-3,6-13,18,34H,1,4-5,14-17,19-20H2,(H,35,39)/b8-7+. The van der Waals surface area contributed by atoms with Crippen LogP contribution in [0.15, 0.2) is 77.1 Å². The van der Waals surface area contributed by atoms with Crippen LogP contribution < -0.4 is 10.6 Å². The topological polar surface area (TPSA) is 73.8 Å². The fourth-order valence-corrected chi connectivity index (χ4v) is 7.04. The minimum atomic E-state index is -0.593. The molecule has 2 N–H and O–H groups in total. The van der Waals surface area contributed by atoms with Crippen molar-refractivity contribution in [3.05, 3.63) is 100 Å². The number of fused-ring (bicyclic) bond motifs is 2. The number of benzene rings is 2. The third kappa shape index (κ3) is 3.78.